The molecule has 31 heavy (non-hydrogen) atoms. The van der Waals surface area contributed by atoms with Crippen LogP contribution in [0.2, 0.25) is 0 Å². The van der Waals surface area contributed by atoms with Crippen LogP contribution < -0.4 is 10.2 Å². The molecule has 1 N–H and O–H groups in total. The monoisotopic (exact) mass is 415 g/mol. The molecule has 0 aliphatic carbocycles. The minimum atomic E-state index is -0.228. The van der Waals surface area contributed by atoms with Crippen LogP contribution in [0.4, 0.5) is 11.6 Å². The number of nitrogens with one attached hydrogen (secondary N) is 1. The van der Waals surface area contributed by atoms with Crippen molar-refractivity contribution >= 4 is 28.3 Å². The van der Waals surface area contributed by atoms with Gasteiger partial charge in [-0.25, -0.2) is 9.97 Å². The molecule has 4 heterocycles. The summed E-state index contributed by atoms with van der Waals surface area (Å²) in [5.74, 6) is 1.03. The van der Waals surface area contributed by atoms with Crippen molar-refractivity contribution in [3.8, 4) is 11.3 Å². The average Bonchev–Trinajstić information content (AvgIpc) is 3.25. The molecule has 1 fully saturated rings. The number of hydrogen-bond acceptors (Lipinski definition) is 7. The maximum Gasteiger partial charge on any atom is 0.257 e. The zero-order valence-electron chi connectivity index (χ0n) is 17.0. The Morgan fingerprint density at radius 1 is 1.06 bits per heavy atom. The smallest absolute Gasteiger partial charge is 0.257 e. The molecule has 4 aromatic rings. The number of carbonyl (C=O) groups excluding carboxylic acids is 1. The minimum absolute atomic E-state index is 0.228. The molecule has 1 amide bonds. The third kappa shape index (κ3) is 4.08. The third-order valence-electron chi connectivity index (χ3n) is 5.20. The second-order valence-corrected chi connectivity index (χ2v) is 7.37. The van der Waals surface area contributed by atoms with Crippen molar-refractivity contribution < 1.29 is 9.53 Å². The molecule has 0 bridgehead atoms. The summed E-state index contributed by atoms with van der Waals surface area (Å²) >= 11 is 0. The Morgan fingerprint density at radius 2 is 1.94 bits per heavy atom. The predicted octanol–water partition coefficient (Wildman–Crippen LogP) is 2.51. The minimum Gasteiger partial charge on any atom is -0.378 e. The Balaban J connectivity index is 1.37. The third-order valence-corrected chi connectivity index (χ3v) is 5.20. The number of anilines is 2. The lowest BCUT2D eigenvalue weighted by molar-refractivity contribution is 0.102. The zero-order chi connectivity index (χ0) is 21.2. The van der Waals surface area contributed by atoms with Gasteiger partial charge in [0, 0.05) is 49.0 Å². The number of benzene rings is 1. The summed E-state index contributed by atoms with van der Waals surface area (Å²) < 4.78 is 7.05. The highest BCUT2D eigenvalue weighted by Crippen LogP contribution is 2.24. The SMILES string of the molecule is Cn1cc(-c2ccc3cnc(NC(=O)c4ccnc(N5CCOCC5)c4)cc3c2)nn1. The lowest BCUT2D eigenvalue weighted by Crippen LogP contribution is -2.36. The van der Waals surface area contributed by atoms with Gasteiger partial charge < -0.3 is 15.0 Å². The van der Waals surface area contributed by atoms with Crippen LogP contribution in [0, 0.1) is 0 Å². The number of carbonyl (C=O) groups is 1. The first-order valence-corrected chi connectivity index (χ1v) is 10.0. The second-order valence-electron chi connectivity index (χ2n) is 7.37. The fourth-order valence-electron chi connectivity index (χ4n) is 3.56. The molecule has 1 aromatic carbocycles. The van der Waals surface area contributed by atoms with E-state index in [4.69, 9.17) is 4.74 Å². The van der Waals surface area contributed by atoms with Gasteiger partial charge >= 0.3 is 0 Å². The van der Waals surface area contributed by atoms with Gasteiger partial charge in [-0.05, 0) is 29.7 Å². The standard InChI is InChI=1S/C22H21N7O2/c1-28-14-19(26-27-28)15-2-3-17-13-24-20(11-18(17)10-15)25-22(30)16-4-5-23-21(12-16)29-6-8-31-9-7-29/h2-5,10-14H,6-9H2,1H3,(H,24,25,30). The van der Waals surface area contributed by atoms with Crippen LogP contribution in [0.1, 0.15) is 10.4 Å². The molecule has 0 spiro atoms. The molecule has 0 unspecified atom stereocenters. The van der Waals surface area contributed by atoms with Crippen LogP contribution in [-0.2, 0) is 11.8 Å². The first kappa shape index (κ1) is 19.1. The van der Waals surface area contributed by atoms with Gasteiger partial charge in [0.05, 0.1) is 19.4 Å². The predicted molar refractivity (Wildman–Crippen MR) is 117 cm³/mol. The molecule has 3 aromatic heterocycles. The topological polar surface area (TPSA) is 98.1 Å². The molecular weight excluding hydrogens is 394 g/mol. The quantitative estimate of drug-likeness (QED) is 0.547. The van der Waals surface area contributed by atoms with E-state index in [1.165, 1.54) is 0 Å². The summed E-state index contributed by atoms with van der Waals surface area (Å²) in [6.45, 7) is 2.85. The number of aromatic nitrogens is 5. The molecule has 1 aliphatic heterocycles. The van der Waals surface area contributed by atoms with E-state index in [9.17, 15) is 4.79 Å². The van der Waals surface area contributed by atoms with Crippen LogP contribution >= 0.6 is 0 Å². The van der Waals surface area contributed by atoms with Crippen molar-refractivity contribution in [1.82, 2.24) is 25.0 Å². The number of fused-ring (bicyclic) bond motifs is 1. The molecule has 5 rings (SSSR count). The van der Waals surface area contributed by atoms with Crippen molar-refractivity contribution in [1.29, 1.82) is 0 Å². The van der Waals surface area contributed by atoms with Crippen LogP contribution in [0.3, 0.4) is 0 Å². The maximum atomic E-state index is 12.8. The Kier molecular flexibility index (Phi) is 5.01. The number of pyridine rings is 2. The van der Waals surface area contributed by atoms with Crippen LogP contribution in [0.15, 0.2) is 55.0 Å². The molecule has 0 saturated carbocycles. The molecule has 1 aliphatic rings. The fraction of sp³-hybridized carbons (Fsp3) is 0.227. The summed E-state index contributed by atoms with van der Waals surface area (Å²) in [6, 6.07) is 11.3. The first-order chi connectivity index (χ1) is 15.2. The highest BCUT2D eigenvalue weighted by molar-refractivity contribution is 6.05. The average molecular weight is 415 g/mol. The summed E-state index contributed by atoms with van der Waals surface area (Å²) in [4.78, 5) is 23.7. The van der Waals surface area contributed by atoms with E-state index in [0.29, 0.717) is 24.6 Å². The van der Waals surface area contributed by atoms with Gasteiger partial charge in [-0.2, -0.15) is 0 Å². The van der Waals surface area contributed by atoms with Gasteiger partial charge in [0.25, 0.3) is 5.91 Å². The molecule has 0 atom stereocenters. The summed E-state index contributed by atoms with van der Waals surface area (Å²) in [5, 5.41) is 13.0. The Bertz CT molecular complexity index is 1250. The lowest BCUT2D eigenvalue weighted by Gasteiger charge is -2.27. The summed E-state index contributed by atoms with van der Waals surface area (Å²) in [6.07, 6.45) is 5.26. The maximum absolute atomic E-state index is 12.8. The van der Waals surface area contributed by atoms with Crippen molar-refractivity contribution in [3.63, 3.8) is 0 Å². The molecule has 9 heteroatoms. The van der Waals surface area contributed by atoms with Gasteiger partial charge in [0.2, 0.25) is 0 Å². The lowest BCUT2D eigenvalue weighted by atomic mass is 10.1. The van der Waals surface area contributed by atoms with Crippen molar-refractivity contribution in [2.24, 2.45) is 7.05 Å². The van der Waals surface area contributed by atoms with E-state index in [1.807, 2.05) is 37.5 Å². The van der Waals surface area contributed by atoms with Crippen LogP contribution in [0.25, 0.3) is 22.0 Å². The number of rotatable bonds is 4. The Hall–Kier alpha value is -3.85. The van der Waals surface area contributed by atoms with Crippen molar-refractivity contribution in [2.75, 3.05) is 36.5 Å². The highest BCUT2D eigenvalue weighted by Gasteiger charge is 2.15. The Morgan fingerprint density at radius 3 is 2.74 bits per heavy atom. The van der Waals surface area contributed by atoms with Crippen LogP contribution in [0.5, 0.6) is 0 Å². The number of morpholine rings is 1. The number of hydrogen-bond donors (Lipinski definition) is 1. The zero-order valence-corrected chi connectivity index (χ0v) is 17.0. The fourth-order valence-corrected chi connectivity index (χ4v) is 3.56. The number of nitrogens with zero attached hydrogens (tertiary/aromatic N) is 6. The van der Waals surface area contributed by atoms with E-state index >= 15 is 0 Å². The molecule has 1 saturated heterocycles. The Labute approximate surface area is 178 Å². The van der Waals surface area contributed by atoms with Gasteiger partial charge in [0.1, 0.15) is 17.3 Å². The largest absolute Gasteiger partial charge is 0.378 e. The number of aryl methyl sites for hydroxylation is 1. The second kappa shape index (κ2) is 8.11. The van der Waals surface area contributed by atoms with Crippen LogP contribution in [-0.4, -0.2) is 57.2 Å². The molecule has 156 valence electrons. The van der Waals surface area contributed by atoms with Gasteiger partial charge in [-0.3, -0.25) is 9.48 Å². The van der Waals surface area contributed by atoms with Gasteiger partial charge in [-0.15, -0.1) is 5.10 Å². The molecule has 9 nitrogen and oxygen atoms in total. The summed E-state index contributed by atoms with van der Waals surface area (Å²) in [5.41, 5.74) is 2.28. The van der Waals surface area contributed by atoms with Gasteiger partial charge in [0.15, 0.2) is 0 Å². The van der Waals surface area contributed by atoms with E-state index in [0.717, 1.165) is 40.9 Å². The van der Waals surface area contributed by atoms with Gasteiger partial charge in [-0.1, -0.05) is 17.3 Å². The molecule has 0 radical (unpaired) electrons. The number of amides is 1. The van der Waals surface area contributed by atoms with E-state index in [2.05, 4.69) is 30.5 Å². The summed E-state index contributed by atoms with van der Waals surface area (Å²) in [7, 11) is 1.83. The normalized spacial score (nSPS) is 14.0. The van der Waals surface area contributed by atoms with E-state index in [1.54, 1.807) is 29.2 Å². The number of ether oxygens (including phenoxy) is 1. The highest BCUT2D eigenvalue weighted by atomic mass is 16.5. The van der Waals surface area contributed by atoms with E-state index < -0.39 is 0 Å². The first-order valence-electron chi connectivity index (χ1n) is 10.0. The molecular formula is C22H21N7O2. The van der Waals surface area contributed by atoms with E-state index in [-0.39, 0.29) is 5.91 Å². The van der Waals surface area contributed by atoms with Crippen molar-refractivity contribution in [2.45, 2.75) is 0 Å². The van der Waals surface area contributed by atoms with Crippen molar-refractivity contribution in [3.05, 3.63) is 60.6 Å².